The lowest BCUT2D eigenvalue weighted by molar-refractivity contribution is 0.0928. The maximum absolute atomic E-state index is 13.8. The van der Waals surface area contributed by atoms with Crippen molar-refractivity contribution in [3.8, 4) is 18.1 Å². The van der Waals surface area contributed by atoms with Gasteiger partial charge in [-0.25, -0.2) is 4.39 Å². The molecule has 1 saturated carbocycles. The van der Waals surface area contributed by atoms with Crippen molar-refractivity contribution in [2.24, 2.45) is 0 Å². The molecule has 0 spiro atoms. The lowest BCUT2D eigenvalue weighted by atomic mass is 9.94. The first kappa shape index (κ1) is 15.7. The third-order valence-electron chi connectivity index (χ3n) is 3.50. The molecule has 0 saturated heterocycles. The Labute approximate surface area is 128 Å². The number of benzene rings is 1. The van der Waals surface area contributed by atoms with Crippen LogP contribution in [0.15, 0.2) is 18.2 Å². The van der Waals surface area contributed by atoms with E-state index in [-0.39, 0.29) is 35.2 Å². The van der Waals surface area contributed by atoms with Crippen molar-refractivity contribution >= 4 is 17.5 Å². The van der Waals surface area contributed by atoms with Gasteiger partial charge in [0.05, 0.1) is 5.38 Å². The summed E-state index contributed by atoms with van der Waals surface area (Å²) in [5.74, 6) is 1.36. The van der Waals surface area contributed by atoms with Gasteiger partial charge in [-0.15, -0.1) is 18.0 Å². The highest BCUT2D eigenvalue weighted by atomic mass is 35.5. The molecule has 1 N–H and O–H groups in total. The van der Waals surface area contributed by atoms with E-state index in [2.05, 4.69) is 11.2 Å². The summed E-state index contributed by atoms with van der Waals surface area (Å²) in [5, 5.41) is 2.80. The van der Waals surface area contributed by atoms with E-state index >= 15 is 0 Å². The van der Waals surface area contributed by atoms with E-state index in [0.717, 1.165) is 31.7 Å². The maximum atomic E-state index is 13.8. The van der Waals surface area contributed by atoms with Crippen LogP contribution in [0.2, 0.25) is 0 Å². The molecule has 0 aliphatic heterocycles. The summed E-state index contributed by atoms with van der Waals surface area (Å²) in [6, 6.07) is 4.00. The summed E-state index contributed by atoms with van der Waals surface area (Å²) in [6.07, 6.45) is 8.91. The Hall–Kier alpha value is -1.73. The number of carbonyl (C=O) groups is 1. The summed E-state index contributed by atoms with van der Waals surface area (Å²) >= 11 is 6.20. The van der Waals surface area contributed by atoms with Gasteiger partial charge in [0, 0.05) is 11.6 Å². The third kappa shape index (κ3) is 4.12. The molecular weight excluding hydrogens is 293 g/mol. The minimum Gasteiger partial charge on any atom is -0.478 e. The van der Waals surface area contributed by atoms with Crippen LogP contribution in [0, 0.1) is 18.2 Å². The number of hydrogen-bond donors (Lipinski definition) is 1. The van der Waals surface area contributed by atoms with E-state index in [1.54, 1.807) is 0 Å². The zero-order valence-corrected chi connectivity index (χ0v) is 12.3. The zero-order chi connectivity index (χ0) is 15.2. The topological polar surface area (TPSA) is 38.3 Å². The van der Waals surface area contributed by atoms with E-state index in [4.69, 9.17) is 22.8 Å². The van der Waals surface area contributed by atoms with Crippen LogP contribution >= 0.6 is 11.6 Å². The van der Waals surface area contributed by atoms with Gasteiger partial charge in [-0.3, -0.25) is 4.79 Å². The van der Waals surface area contributed by atoms with Gasteiger partial charge in [-0.1, -0.05) is 18.8 Å². The average Bonchev–Trinajstić information content (AvgIpc) is 2.48. The van der Waals surface area contributed by atoms with Gasteiger partial charge in [-0.2, -0.15) is 0 Å². The van der Waals surface area contributed by atoms with Crippen molar-refractivity contribution in [2.75, 3.05) is 6.61 Å². The summed E-state index contributed by atoms with van der Waals surface area (Å²) in [5.41, 5.74) is 0.245. The average molecular weight is 310 g/mol. The van der Waals surface area contributed by atoms with Gasteiger partial charge >= 0.3 is 0 Å². The fraction of sp³-hybridized carbons (Fsp3) is 0.438. The van der Waals surface area contributed by atoms with Crippen LogP contribution in [0.25, 0.3) is 0 Å². The van der Waals surface area contributed by atoms with Crippen molar-refractivity contribution < 1.29 is 13.9 Å². The molecule has 3 nitrogen and oxygen atoms in total. The van der Waals surface area contributed by atoms with Crippen LogP contribution in [0.4, 0.5) is 4.39 Å². The molecule has 1 aromatic carbocycles. The monoisotopic (exact) mass is 309 g/mol. The molecule has 0 heterocycles. The van der Waals surface area contributed by atoms with E-state index < -0.39 is 5.82 Å². The predicted molar refractivity (Wildman–Crippen MR) is 80.1 cm³/mol. The summed E-state index contributed by atoms with van der Waals surface area (Å²) in [6.45, 7) is -0.0154. The Morgan fingerprint density at radius 2 is 2.24 bits per heavy atom. The highest BCUT2D eigenvalue weighted by Crippen LogP contribution is 2.24. The standard InChI is InChI=1S/C16H17ClFNO2/c1-2-9-21-15-8-7-11(10-13(15)18)16(20)19-14-6-4-3-5-12(14)17/h1,7-8,10,12,14H,3-6,9H2,(H,19,20)/t12-,14-/m1/s1. The minimum absolute atomic E-state index is 0.0154. The normalized spacial score (nSPS) is 21.4. The van der Waals surface area contributed by atoms with Crippen LogP contribution in [-0.4, -0.2) is 23.9 Å². The van der Waals surface area contributed by atoms with E-state index in [1.165, 1.54) is 12.1 Å². The largest absolute Gasteiger partial charge is 0.478 e. The molecule has 1 aliphatic carbocycles. The molecule has 1 aliphatic rings. The molecule has 0 aromatic heterocycles. The highest BCUT2D eigenvalue weighted by Gasteiger charge is 2.25. The Balaban J connectivity index is 2.02. The Morgan fingerprint density at radius 3 is 2.90 bits per heavy atom. The number of ether oxygens (including phenoxy) is 1. The first-order valence-corrected chi connectivity index (χ1v) is 7.36. The molecule has 1 fully saturated rings. The highest BCUT2D eigenvalue weighted by molar-refractivity contribution is 6.21. The second-order valence-corrected chi connectivity index (χ2v) is 5.58. The Bertz CT molecular complexity index is 556. The van der Waals surface area contributed by atoms with E-state index in [1.807, 2.05) is 0 Å². The number of carbonyl (C=O) groups excluding carboxylic acids is 1. The van der Waals surface area contributed by atoms with Crippen LogP contribution in [0.1, 0.15) is 36.0 Å². The van der Waals surface area contributed by atoms with Gasteiger partial charge in [0.1, 0.15) is 6.61 Å². The summed E-state index contributed by atoms with van der Waals surface area (Å²) in [4.78, 5) is 12.1. The first-order valence-electron chi connectivity index (χ1n) is 6.92. The molecule has 1 aromatic rings. The van der Waals surface area contributed by atoms with Gasteiger partial charge in [0.25, 0.3) is 5.91 Å². The van der Waals surface area contributed by atoms with E-state index in [0.29, 0.717) is 0 Å². The van der Waals surface area contributed by atoms with Crippen LogP contribution < -0.4 is 10.1 Å². The van der Waals surface area contributed by atoms with Gasteiger partial charge < -0.3 is 10.1 Å². The quantitative estimate of drug-likeness (QED) is 0.685. The Kier molecular flexibility index (Phi) is 5.46. The van der Waals surface area contributed by atoms with Crippen LogP contribution in [0.3, 0.4) is 0 Å². The predicted octanol–water partition coefficient (Wildman–Crippen LogP) is 3.12. The molecule has 2 atom stereocenters. The maximum Gasteiger partial charge on any atom is 0.251 e. The SMILES string of the molecule is C#CCOc1ccc(C(=O)N[C@@H]2CCCC[C@H]2Cl)cc1F. The molecule has 1 amide bonds. The summed E-state index contributed by atoms with van der Waals surface area (Å²) < 4.78 is 18.8. The first-order chi connectivity index (χ1) is 10.1. The second kappa shape index (κ2) is 7.33. The molecule has 2 rings (SSSR count). The van der Waals surface area contributed by atoms with Crippen molar-refractivity contribution in [1.29, 1.82) is 0 Å². The fourth-order valence-corrected chi connectivity index (χ4v) is 2.72. The smallest absolute Gasteiger partial charge is 0.251 e. The molecule has 0 radical (unpaired) electrons. The van der Waals surface area contributed by atoms with Gasteiger partial charge in [0.2, 0.25) is 0 Å². The van der Waals surface area contributed by atoms with Gasteiger partial charge in [-0.05, 0) is 31.0 Å². The van der Waals surface area contributed by atoms with Crippen LogP contribution in [-0.2, 0) is 0 Å². The Morgan fingerprint density at radius 1 is 1.48 bits per heavy atom. The molecular formula is C16H17ClFNO2. The molecule has 21 heavy (non-hydrogen) atoms. The molecule has 0 bridgehead atoms. The van der Waals surface area contributed by atoms with Gasteiger partial charge in [0.15, 0.2) is 11.6 Å². The number of nitrogens with one attached hydrogen (secondary N) is 1. The van der Waals surface area contributed by atoms with E-state index in [9.17, 15) is 9.18 Å². The molecule has 5 heteroatoms. The third-order valence-corrected chi connectivity index (χ3v) is 4.03. The summed E-state index contributed by atoms with van der Waals surface area (Å²) in [7, 11) is 0. The minimum atomic E-state index is -0.607. The number of halogens is 2. The van der Waals surface area contributed by atoms with Crippen molar-refractivity contribution in [3.63, 3.8) is 0 Å². The van der Waals surface area contributed by atoms with Crippen LogP contribution in [0.5, 0.6) is 5.75 Å². The number of amides is 1. The number of rotatable bonds is 4. The fourth-order valence-electron chi connectivity index (χ4n) is 2.38. The van der Waals surface area contributed by atoms with Crippen molar-refractivity contribution in [3.05, 3.63) is 29.6 Å². The lowest BCUT2D eigenvalue weighted by Crippen LogP contribution is -2.42. The number of alkyl halides is 1. The molecule has 0 unspecified atom stereocenters. The lowest BCUT2D eigenvalue weighted by Gasteiger charge is -2.27. The molecule has 112 valence electrons. The number of terminal acetylenes is 1. The zero-order valence-electron chi connectivity index (χ0n) is 11.6. The second-order valence-electron chi connectivity index (χ2n) is 5.02. The number of hydrogen-bond acceptors (Lipinski definition) is 2. The van der Waals surface area contributed by atoms with Crippen molar-refractivity contribution in [1.82, 2.24) is 5.32 Å². The van der Waals surface area contributed by atoms with Crippen molar-refractivity contribution in [2.45, 2.75) is 37.1 Å².